The van der Waals surface area contributed by atoms with Crippen LogP contribution in [0.2, 0.25) is 25.7 Å². The molecule has 0 fully saturated rings. The van der Waals surface area contributed by atoms with Gasteiger partial charge in [0, 0.05) is 27.8 Å². The zero-order chi connectivity index (χ0) is 16.2. The summed E-state index contributed by atoms with van der Waals surface area (Å²) in [5.41, 5.74) is 1.47. The van der Waals surface area contributed by atoms with Crippen LogP contribution in [0.4, 0.5) is 0 Å². The van der Waals surface area contributed by atoms with Gasteiger partial charge in [-0.3, -0.25) is 9.78 Å². The zero-order valence-corrected chi connectivity index (χ0v) is 14.5. The number of ketones is 1. The molecule has 22 heavy (non-hydrogen) atoms. The minimum atomic E-state index is -1.11. The number of carbonyl (C=O) groups excluding carboxylic acids is 1. The highest BCUT2D eigenvalue weighted by Gasteiger charge is 2.18. The van der Waals surface area contributed by atoms with Gasteiger partial charge in [0.05, 0.1) is 5.69 Å². The van der Waals surface area contributed by atoms with Gasteiger partial charge in [-0.1, -0.05) is 25.7 Å². The van der Waals surface area contributed by atoms with Crippen molar-refractivity contribution in [2.75, 3.05) is 6.61 Å². The maximum absolute atomic E-state index is 11.7. The number of aromatic nitrogens is 4. The summed E-state index contributed by atoms with van der Waals surface area (Å²) in [6.07, 6.45) is 1.67. The molecular weight excluding hydrogens is 296 g/mol. The molecule has 7 heteroatoms. The van der Waals surface area contributed by atoms with Gasteiger partial charge in [-0.05, 0) is 18.2 Å². The third-order valence-electron chi connectivity index (χ3n) is 3.10. The predicted octanol–water partition coefficient (Wildman–Crippen LogP) is 2.86. The molecule has 0 spiro atoms. The molecule has 0 atom stereocenters. The molecule has 2 heterocycles. The number of hydrogen-bond acceptors (Lipinski definition) is 5. The Balaban J connectivity index is 2.09. The molecule has 0 saturated heterocycles. The first kappa shape index (κ1) is 16.5. The number of nitrogens with zero attached hydrogens (tertiary/aromatic N) is 4. The van der Waals surface area contributed by atoms with Gasteiger partial charge in [-0.15, -0.1) is 10.2 Å². The van der Waals surface area contributed by atoms with Gasteiger partial charge >= 0.3 is 0 Å². The molecule has 0 aromatic carbocycles. The van der Waals surface area contributed by atoms with Crippen molar-refractivity contribution in [2.24, 2.45) is 0 Å². The van der Waals surface area contributed by atoms with Gasteiger partial charge in [0.2, 0.25) is 0 Å². The number of pyridine rings is 1. The van der Waals surface area contributed by atoms with Crippen LogP contribution in [0.5, 0.6) is 0 Å². The van der Waals surface area contributed by atoms with E-state index < -0.39 is 8.07 Å². The second kappa shape index (κ2) is 6.93. The minimum Gasteiger partial charge on any atom is -0.358 e. The average molecular weight is 318 g/mol. The fraction of sp³-hybridized carbons (Fsp3) is 0.467. The Morgan fingerprint density at radius 1 is 1.27 bits per heavy atom. The van der Waals surface area contributed by atoms with Gasteiger partial charge in [0.25, 0.3) is 0 Å². The maximum Gasteiger partial charge on any atom is 0.182 e. The monoisotopic (exact) mass is 318 g/mol. The first-order chi connectivity index (χ1) is 10.4. The molecule has 0 unspecified atom stereocenters. The van der Waals surface area contributed by atoms with Crippen LogP contribution in [0.15, 0.2) is 24.4 Å². The van der Waals surface area contributed by atoms with E-state index in [4.69, 9.17) is 4.74 Å². The molecule has 0 aliphatic heterocycles. The maximum atomic E-state index is 11.7. The topological polar surface area (TPSA) is 69.9 Å². The summed E-state index contributed by atoms with van der Waals surface area (Å²) in [6, 6.07) is 6.57. The lowest BCUT2D eigenvalue weighted by Crippen LogP contribution is -2.22. The van der Waals surface area contributed by atoms with Crippen LogP contribution < -0.4 is 0 Å². The normalized spacial score (nSPS) is 11.6. The lowest BCUT2D eigenvalue weighted by molar-refractivity contribution is 0.0682. The third kappa shape index (κ3) is 4.57. The van der Waals surface area contributed by atoms with Crippen LogP contribution in [0.3, 0.4) is 0 Å². The van der Waals surface area contributed by atoms with Gasteiger partial charge < -0.3 is 4.74 Å². The molecule has 0 radical (unpaired) electrons. The van der Waals surface area contributed by atoms with Crippen LogP contribution in [-0.4, -0.2) is 40.4 Å². The number of carbonyl (C=O) groups is 1. The highest BCUT2D eigenvalue weighted by Crippen LogP contribution is 2.18. The summed E-state index contributed by atoms with van der Waals surface area (Å²) in [5, 5.41) is 8.57. The van der Waals surface area contributed by atoms with E-state index in [1.807, 2.05) is 18.2 Å². The quantitative estimate of drug-likeness (QED) is 0.446. The fourth-order valence-electron chi connectivity index (χ4n) is 1.84. The van der Waals surface area contributed by atoms with Crippen LogP contribution in [0.25, 0.3) is 11.4 Å². The van der Waals surface area contributed by atoms with Crippen molar-refractivity contribution < 1.29 is 9.53 Å². The Hall–Kier alpha value is -1.86. The predicted molar refractivity (Wildman–Crippen MR) is 87.4 cm³/mol. The second-order valence-electron chi connectivity index (χ2n) is 6.39. The van der Waals surface area contributed by atoms with Crippen LogP contribution in [0, 0.1) is 0 Å². The highest BCUT2D eigenvalue weighted by atomic mass is 28.3. The number of ether oxygens (including phenoxy) is 1. The van der Waals surface area contributed by atoms with Crippen molar-refractivity contribution in [1.29, 1.82) is 0 Å². The molecule has 2 rings (SSSR count). The molecule has 2 aromatic heterocycles. The van der Waals surface area contributed by atoms with Crippen LogP contribution in [-0.2, 0) is 11.5 Å². The number of hydrogen-bond donors (Lipinski definition) is 0. The van der Waals surface area contributed by atoms with E-state index in [2.05, 4.69) is 34.8 Å². The molecule has 0 amide bonds. The Morgan fingerprint density at radius 2 is 2.05 bits per heavy atom. The molecule has 0 aliphatic carbocycles. The smallest absolute Gasteiger partial charge is 0.182 e. The van der Waals surface area contributed by atoms with Gasteiger partial charge in [-0.25, -0.2) is 0 Å². The Kier molecular flexibility index (Phi) is 5.20. The summed E-state index contributed by atoms with van der Waals surface area (Å²) in [7, 11) is -1.11. The summed E-state index contributed by atoms with van der Waals surface area (Å²) in [5.74, 6) is -0.131. The largest absolute Gasteiger partial charge is 0.358 e. The Bertz CT molecular complexity index is 635. The third-order valence-corrected chi connectivity index (χ3v) is 4.80. The lowest BCUT2D eigenvalue weighted by Gasteiger charge is -2.14. The van der Waals surface area contributed by atoms with Crippen molar-refractivity contribution in [3.63, 3.8) is 0 Å². The van der Waals surface area contributed by atoms with Crippen molar-refractivity contribution in [3.05, 3.63) is 30.1 Å². The van der Waals surface area contributed by atoms with Gasteiger partial charge in [-0.2, -0.15) is 4.80 Å². The first-order valence-electron chi connectivity index (χ1n) is 7.32. The van der Waals surface area contributed by atoms with Crippen molar-refractivity contribution in [2.45, 2.75) is 39.3 Å². The minimum absolute atomic E-state index is 0.131. The van der Waals surface area contributed by atoms with E-state index in [0.29, 0.717) is 23.7 Å². The van der Waals surface area contributed by atoms with Crippen LogP contribution in [0.1, 0.15) is 17.4 Å². The van der Waals surface area contributed by atoms with E-state index >= 15 is 0 Å². The lowest BCUT2D eigenvalue weighted by atomic mass is 10.2. The van der Waals surface area contributed by atoms with Crippen LogP contribution >= 0.6 is 0 Å². The van der Waals surface area contributed by atoms with E-state index in [9.17, 15) is 4.79 Å². The second-order valence-corrected chi connectivity index (χ2v) is 12.0. The summed E-state index contributed by atoms with van der Waals surface area (Å²) in [4.78, 5) is 17.4. The molecule has 0 saturated carbocycles. The molecule has 118 valence electrons. The Morgan fingerprint density at radius 3 is 2.64 bits per heavy atom. The molecule has 0 bridgehead atoms. The van der Waals surface area contributed by atoms with Gasteiger partial charge in [0.1, 0.15) is 5.69 Å². The number of rotatable bonds is 7. The number of Topliss-reactive ketones (excluding diaryl/α,β-unsaturated/α-hetero) is 1. The fourth-order valence-corrected chi connectivity index (χ4v) is 2.60. The highest BCUT2D eigenvalue weighted by molar-refractivity contribution is 6.76. The molecule has 0 N–H and O–H groups in total. The van der Waals surface area contributed by atoms with Crippen molar-refractivity contribution >= 4 is 13.9 Å². The Labute approximate surface area is 131 Å². The first-order valence-corrected chi connectivity index (χ1v) is 11.0. The zero-order valence-electron chi connectivity index (χ0n) is 13.5. The van der Waals surface area contributed by atoms with E-state index in [-0.39, 0.29) is 12.5 Å². The average Bonchev–Trinajstić information content (AvgIpc) is 2.88. The standard InChI is InChI=1S/C15H22N4O2Si/c1-12(20)14-15(13-7-5-6-8-16-13)18-19(17-14)11-21-9-10-22(2,3)4/h5-8H,9-11H2,1-4H3. The summed E-state index contributed by atoms with van der Waals surface area (Å²) >= 11 is 0. The van der Waals surface area contributed by atoms with E-state index in [1.165, 1.54) is 11.7 Å². The molecular formula is C15H22N4O2Si. The summed E-state index contributed by atoms with van der Waals surface area (Å²) < 4.78 is 5.62. The molecule has 0 aliphatic rings. The SMILES string of the molecule is CC(=O)c1nn(COCC[Si](C)(C)C)nc1-c1ccccn1. The summed E-state index contributed by atoms with van der Waals surface area (Å²) in [6.45, 7) is 9.32. The van der Waals surface area contributed by atoms with Gasteiger partial charge in [0.15, 0.2) is 18.2 Å². The molecule has 6 nitrogen and oxygen atoms in total. The van der Waals surface area contributed by atoms with E-state index in [0.717, 1.165) is 6.04 Å². The van der Waals surface area contributed by atoms with Crippen molar-refractivity contribution in [3.8, 4) is 11.4 Å². The van der Waals surface area contributed by atoms with Crippen molar-refractivity contribution in [1.82, 2.24) is 20.0 Å². The molecule has 2 aromatic rings. The van der Waals surface area contributed by atoms with E-state index in [1.54, 1.807) is 6.20 Å².